The quantitative estimate of drug-likeness (QED) is 0.520. The van der Waals surface area contributed by atoms with E-state index in [0.29, 0.717) is 16.1 Å². The number of carbonyl (C=O) groups excluding carboxylic acids is 1. The predicted octanol–water partition coefficient (Wildman–Crippen LogP) is 0.0812. The van der Waals surface area contributed by atoms with Gasteiger partial charge in [-0.15, -0.1) is 0 Å². The van der Waals surface area contributed by atoms with Gasteiger partial charge in [0.1, 0.15) is 6.33 Å². The van der Waals surface area contributed by atoms with E-state index in [2.05, 4.69) is 20.2 Å². The van der Waals surface area contributed by atoms with Gasteiger partial charge < -0.3 is 5.73 Å². The predicted molar refractivity (Wildman–Crippen MR) is 77.2 cm³/mol. The minimum absolute atomic E-state index is 0.0128. The van der Waals surface area contributed by atoms with Gasteiger partial charge in [-0.3, -0.25) is 9.59 Å². The fourth-order valence-electron chi connectivity index (χ4n) is 1.84. The van der Waals surface area contributed by atoms with Crippen LogP contribution in [0.5, 0.6) is 0 Å². The molecule has 0 aliphatic carbocycles. The summed E-state index contributed by atoms with van der Waals surface area (Å²) >= 11 is 1.07. The number of nitrogens with one attached hydrogen (secondary N) is 1. The Bertz CT molecular complexity index is 858. The van der Waals surface area contributed by atoms with E-state index in [0.717, 1.165) is 11.8 Å². The molecule has 2 aromatic heterocycles. The van der Waals surface area contributed by atoms with E-state index in [1.54, 1.807) is 24.3 Å². The van der Waals surface area contributed by atoms with Crippen molar-refractivity contribution in [2.45, 2.75) is 5.16 Å². The van der Waals surface area contributed by atoms with Gasteiger partial charge in [0.25, 0.3) is 5.56 Å². The van der Waals surface area contributed by atoms with Crippen molar-refractivity contribution in [3.8, 4) is 5.95 Å². The number of hydrogen-bond acceptors (Lipinski definition) is 6. The molecule has 0 aliphatic rings. The maximum atomic E-state index is 12.6. The number of fused-ring (bicyclic) bond motifs is 1. The van der Waals surface area contributed by atoms with Crippen LogP contribution in [0, 0.1) is 0 Å². The third kappa shape index (κ3) is 2.50. The number of rotatable bonds is 4. The lowest BCUT2D eigenvalue weighted by molar-refractivity contribution is -0.115. The average molecular weight is 302 g/mol. The van der Waals surface area contributed by atoms with Crippen LogP contribution in [0.2, 0.25) is 0 Å². The molecule has 3 aromatic rings. The second-order valence-electron chi connectivity index (χ2n) is 4.12. The molecule has 0 saturated heterocycles. The number of aromatic nitrogens is 5. The van der Waals surface area contributed by atoms with E-state index in [1.807, 2.05) is 0 Å². The molecule has 0 atom stereocenters. The number of benzene rings is 1. The van der Waals surface area contributed by atoms with E-state index in [-0.39, 0.29) is 17.3 Å². The molecule has 3 N–H and O–H groups in total. The zero-order valence-corrected chi connectivity index (χ0v) is 11.5. The standard InChI is InChI=1S/C12H10N6O2S/c13-9(19)5-21-12-16-8-4-2-1-3-7(8)10(20)18(12)11-14-6-15-17-11/h1-4,6H,5H2,(H2,13,19)(H,14,15,17). The summed E-state index contributed by atoms with van der Waals surface area (Å²) in [6, 6.07) is 6.96. The SMILES string of the molecule is NC(=O)CSc1nc2ccccc2c(=O)n1-c1ncn[nH]1. The highest BCUT2D eigenvalue weighted by atomic mass is 32.2. The van der Waals surface area contributed by atoms with Crippen LogP contribution in [0.15, 0.2) is 40.5 Å². The second-order valence-corrected chi connectivity index (χ2v) is 5.06. The van der Waals surface area contributed by atoms with E-state index >= 15 is 0 Å². The third-order valence-electron chi connectivity index (χ3n) is 2.70. The highest BCUT2D eigenvalue weighted by Crippen LogP contribution is 2.19. The Hall–Kier alpha value is -2.68. The van der Waals surface area contributed by atoms with E-state index in [1.165, 1.54) is 10.9 Å². The number of carbonyl (C=O) groups is 1. The molecule has 0 aliphatic heterocycles. The number of para-hydroxylation sites is 1. The van der Waals surface area contributed by atoms with Crippen LogP contribution in [0.1, 0.15) is 0 Å². The summed E-state index contributed by atoms with van der Waals surface area (Å²) in [4.78, 5) is 31.9. The molecule has 0 unspecified atom stereocenters. The lowest BCUT2D eigenvalue weighted by Crippen LogP contribution is -2.24. The van der Waals surface area contributed by atoms with Crippen molar-refractivity contribution >= 4 is 28.6 Å². The first-order valence-electron chi connectivity index (χ1n) is 5.95. The Morgan fingerprint density at radius 2 is 2.19 bits per heavy atom. The molecule has 3 rings (SSSR count). The van der Waals surface area contributed by atoms with Crippen LogP contribution in [0.3, 0.4) is 0 Å². The lowest BCUT2D eigenvalue weighted by Gasteiger charge is -2.09. The van der Waals surface area contributed by atoms with Crippen LogP contribution in [0.4, 0.5) is 0 Å². The Balaban J connectivity index is 2.25. The zero-order valence-electron chi connectivity index (χ0n) is 10.7. The normalized spacial score (nSPS) is 10.9. The first-order chi connectivity index (χ1) is 10.2. The monoisotopic (exact) mass is 302 g/mol. The molecule has 0 fully saturated rings. The molecule has 8 nitrogen and oxygen atoms in total. The third-order valence-corrected chi connectivity index (χ3v) is 3.66. The Morgan fingerprint density at radius 3 is 2.90 bits per heavy atom. The topological polar surface area (TPSA) is 120 Å². The van der Waals surface area contributed by atoms with Gasteiger partial charge in [0, 0.05) is 0 Å². The molecule has 0 saturated carbocycles. The minimum atomic E-state index is -0.494. The van der Waals surface area contributed by atoms with Gasteiger partial charge in [0.15, 0.2) is 5.16 Å². The summed E-state index contributed by atoms with van der Waals surface area (Å²) in [5, 5.41) is 7.13. The van der Waals surface area contributed by atoms with Gasteiger partial charge in [-0.2, -0.15) is 10.1 Å². The van der Waals surface area contributed by atoms with E-state index < -0.39 is 5.91 Å². The molecule has 9 heteroatoms. The van der Waals surface area contributed by atoms with E-state index in [9.17, 15) is 9.59 Å². The molecular formula is C12H10N6O2S. The highest BCUT2D eigenvalue weighted by Gasteiger charge is 2.15. The van der Waals surface area contributed by atoms with Crippen molar-refractivity contribution in [2.24, 2.45) is 5.73 Å². The fourth-order valence-corrected chi connectivity index (χ4v) is 2.57. The minimum Gasteiger partial charge on any atom is -0.369 e. The van der Waals surface area contributed by atoms with Crippen molar-refractivity contribution in [3.63, 3.8) is 0 Å². The Kier molecular flexibility index (Phi) is 3.40. The maximum Gasteiger partial charge on any atom is 0.269 e. The maximum absolute atomic E-state index is 12.6. The first kappa shape index (κ1) is 13.3. The molecule has 0 radical (unpaired) electrons. The van der Waals surface area contributed by atoms with Gasteiger partial charge in [0.2, 0.25) is 11.9 Å². The second kappa shape index (κ2) is 5.37. The molecule has 0 bridgehead atoms. The van der Waals surface area contributed by atoms with Gasteiger partial charge in [-0.05, 0) is 12.1 Å². The molecule has 106 valence electrons. The molecule has 21 heavy (non-hydrogen) atoms. The van der Waals surface area contributed by atoms with Crippen molar-refractivity contribution in [2.75, 3.05) is 5.75 Å². The molecule has 1 aromatic carbocycles. The summed E-state index contributed by atoms with van der Waals surface area (Å²) in [6.07, 6.45) is 1.29. The van der Waals surface area contributed by atoms with Crippen molar-refractivity contribution < 1.29 is 4.79 Å². The number of thioether (sulfide) groups is 1. The van der Waals surface area contributed by atoms with Crippen LogP contribution in [-0.2, 0) is 4.79 Å². The molecule has 2 heterocycles. The summed E-state index contributed by atoms with van der Waals surface area (Å²) in [6.45, 7) is 0. The first-order valence-corrected chi connectivity index (χ1v) is 6.94. The summed E-state index contributed by atoms with van der Waals surface area (Å²) in [5.74, 6) is -0.240. The molecule has 1 amide bonds. The number of primary amides is 1. The van der Waals surface area contributed by atoms with Crippen LogP contribution in [-0.4, -0.2) is 36.4 Å². The number of amides is 1. The number of hydrogen-bond donors (Lipinski definition) is 2. The van der Waals surface area contributed by atoms with Crippen molar-refractivity contribution in [1.82, 2.24) is 24.7 Å². The van der Waals surface area contributed by atoms with Gasteiger partial charge >= 0.3 is 0 Å². The van der Waals surface area contributed by atoms with Gasteiger partial charge in [-0.25, -0.2) is 14.6 Å². The number of H-pyrrole nitrogens is 1. The number of nitrogens with zero attached hydrogens (tertiary/aromatic N) is 4. The van der Waals surface area contributed by atoms with Crippen LogP contribution >= 0.6 is 11.8 Å². The Labute approximate surface area is 122 Å². The van der Waals surface area contributed by atoms with Gasteiger partial charge in [0.05, 0.1) is 16.7 Å². The molecular weight excluding hydrogens is 292 g/mol. The molecule has 0 spiro atoms. The zero-order chi connectivity index (χ0) is 14.8. The van der Waals surface area contributed by atoms with Crippen molar-refractivity contribution in [3.05, 3.63) is 40.9 Å². The average Bonchev–Trinajstić information content (AvgIpc) is 2.99. The van der Waals surface area contributed by atoms with Gasteiger partial charge in [-0.1, -0.05) is 23.9 Å². The summed E-state index contributed by atoms with van der Waals surface area (Å²) < 4.78 is 1.28. The number of aromatic amines is 1. The van der Waals surface area contributed by atoms with Crippen LogP contribution < -0.4 is 11.3 Å². The Morgan fingerprint density at radius 1 is 1.38 bits per heavy atom. The van der Waals surface area contributed by atoms with E-state index in [4.69, 9.17) is 5.73 Å². The lowest BCUT2D eigenvalue weighted by atomic mass is 10.2. The van der Waals surface area contributed by atoms with Crippen molar-refractivity contribution in [1.29, 1.82) is 0 Å². The summed E-state index contributed by atoms with van der Waals surface area (Å²) in [5.41, 5.74) is 5.41. The summed E-state index contributed by atoms with van der Waals surface area (Å²) in [7, 11) is 0. The smallest absolute Gasteiger partial charge is 0.269 e. The number of nitrogens with two attached hydrogens (primary N) is 1. The van der Waals surface area contributed by atoms with Crippen LogP contribution in [0.25, 0.3) is 16.9 Å². The highest BCUT2D eigenvalue weighted by molar-refractivity contribution is 7.99. The fraction of sp³-hybridized carbons (Fsp3) is 0.0833. The largest absolute Gasteiger partial charge is 0.369 e.